The Morgan fingerprint density at radius 3 is 2.64 bits per heavy atom. The lowest BCUT2D eigenvalue weighted by atomic mass is 9.95. The van der Waals surface area contributed by atoms with E-state index in [1.54, 1.807) is 31.0 Å². The van der Waals surface area contributed by atoms with Crippen LogP contribution in [0, 0.1) is 0 Å². The summed E-state index contributed by atoms with van der Waals surface area (Å²) in [5.41, 5.74) is 7.33. The third kappa shape index (κ3) is 5.15. The van der Waals surface area contributed by atoms with Gasteiger partial charge in [0.05, 0.1) is 37.6 Å². The van der Waals surface area contributed by atoms with E-state index in [0.29, 0.717) is 12.5 Å². The number of carbonyl (C=O) groups excluding carboxylic acids is 1. The molecule has 3 aromatic heterocycles. The molecular weight excluding hydrogens is 452 g/mol. The van der Waals surface area contributed by atoms with Crippen molar-refractivity contribution in [2.45, 2.75) is 45.1 Å². The van der Waals surface area contributed by atoms with Gasteiger partial charge in [0, 0.05) is 35.3 Å². The van der Waals surface area contributed by atoms with Crippen molar-refractivity contribution in [1.82, 2.24) is 19.7 Å². The molecule has 184 valence electrons. The lowest BCUT2D eigenvalue weighted by molar-refractivity contribution is -0.143. The van der Waals surface area contributed by atoms with Gasteiger partial charge in [-0.25, -0.2) is 4.98 Å². The smallest absolute Gasteiger partial charge is 0.308 e. The van der Waals surface area contributed by atoms with Crippen LogP contribution in [0.2, 0.25) is 0 Å². The maximum Gasteiger partial charge on any atom is 0.308 e. The number of methoxy groups -OCH3 is 1. The van der Waals surface area contributed by atoms with Gasteiger partial charge in [0.1, 0.15) is 0 Å². The summed E-state index contributed by atoms with van der Waals surface area (Å²) in [4.78, 5) is 21.7. The van der Waals surface area contributed by atoms with Crippen molar-refractivity contribution in [2.75, 3.05) is 13.7 Å². The summed E-state index contributed by atoms with van der Waals surface area (Å²) in [5, 5.41) is 4.85. The van der Waals surface area contributed by atoms with E-state index in [1.807, 2.05) is 30.5 Å². The van der Waals surface area contributed by atoms with E-state index in [0.717, 1.165) is 40.9 Å². The summed E-state index contributed by atoms with van der Waals surface area (Å²) >= 11 is 0. The van der Waals surface area contributed by atoms with Crippen molar-refractivity contribution in [3.05, 3.63) is 83.8 Å². The first kappa shape index (κ1) is 23.7. The minimum atomic E-state index is -0.346. The van der Waals surface area contributed by atoms with Crippen molar-refractivity contribution in [3.63, 3.8) is 0 Å². The van der Waals surface area contributed by atoms with Gasteiger partial charge in [0.25, 0.3) is 0 Å². The summed E-state index contributed by atoms with van der Waals surface area (Å²) in [6.45, 7) is 2.14. The molecule has 1 aliphatic rings. The van der Waals surface area contributed by atoms with Crippen LogP contribution < -0.4 is 4.74 Å². The molecule has 1 unspecified atom stereocenters. The third-order valence-corrected chi connectivity index (χ3v) is 6.58. The number of esters is 1. The minimum Gasteiger partial charge on any atom is -0.481 e. The van der Waals surface area contributed by atoms with Gasteiger partial charge in [0.2, 0.25) is 5.88 Å². The molecular formula is C29H30N4O3. The Bertz CT molecular complexity index is 1350. The van der Waals surface area contributed by atoms with Crippen molar-refractivity contribution >= 4 is 5.97 Å². The Balaban J connectivity index is 1.44. The molecule has 0 saturated heterocycles. The SMILES string of the molecule is CCOC(=O)CC(c1ccc(OC)nc1)n1ccc(-c2cccc(-c3ccc4c(n3)CCCC4)c2)n1. The van der Waals surface area contributed by atoms with Crippen molar-refractivity contribution in [3.8, 4) is 28.4 Å². The Hall–Kier alpha value is -4.00. The number of nitrogens with zero attached hydrogens (tertiary/aromatic N) is 4. The standard InChI is InChI=1S/C29H30N4O3/c1-3-36-29(34)18-27(23-12-14-28(35-2)30-19-23)33-16-15-26(32-33)22-9-6-8-21(17-22)25-13-11-20-7-4-5-10-24(20)31-25/h6,8-9,11-17,19,27H,3-5,7,10,18H2,1-2H3. The molecule has 0 spiro atoms. The first-order valence-electron chi connectivity index (χ1n) is 12.4. The lowest BCUT2D eigenvalue weighted by Crippen LogP contribution is -2.18. The van der Waals surface area contributed by atoms with Gasteiger partial charge in [0.15, 0.2) is 0 Å². The number of aryl methyl sites for hydroxylation is 2. The highest BCUT2D eigenvalue weighted by Gasteiger charge is 2.21. The zero-order chi connectivity index (χ0) is 24.9. The maximum atomic E-state index is 12.4. The van der Waals surface area contributed by atoms with E-state index in [1.165, 1.54) is 24.1 Å². The number of aromatic nitrogens is 4. The fourth-order valence-corrected chi connectivity index (χ4v) is 4.70. The second-order valence-electron chi connectivity index (χ2n) is 8.93. The van der Waals surface area contributed by atoms with E-state index in [2.05, 4.69) is 29.2 Å². The van der Waals surface area contributed by atoms with Crippen molar-refractivity contribution in [2.24, 2.45) is 0 Å². The first-order chi connectivity index (χ1) is 17.6. The number of ether oxygens (including phenoxy) is 2. The number of rotatable bonds is 8. The molecule has 1 aromatic carbocycles. The van der Waals surface area contributed by atoms with Crippen LogP contribution in [0.25, 0.3) is 22.5 Å². The highest BCUT2D eigenvalue weighted by Crippen LogP contribution is 2.29. The highest BCUT2D eigenvalue weighted by molar-refractivity contribution is 5.71. The average molecular weight is 483 g/mol. The molecule has 1 atom stereocenters. The van der Waals surface area contributed by atoms with Crippen LogP contribution in [0.15, 0.2) is 67.0 Å². The summed E-state index contributed by atoms with van der Waals surface area (Å²) in [6, 6.07) is 17.9. The minimum absolute atomic E-state index is 0.155. The van der Waals surface area contributed by atoms with Crippen LogP contribution in [0.3, 0.4) is 0 Å². The summed E-state index contributed by atoms with van der Waals surface area (Å²) in [7, 11) is 1.58. The topological polar surface area (TPSA) is 79.1 Å². The Labute approximate surface area is 211 Å². The molecule has 0 N–H and O–H groups in total. The van der Waals surface area contributed by atoms with Gasteiger partial charge >= 0.3 is 5.97 Å². The molecule has 4 aromatic rings. The van der Waals surface area contributed by atoms with Crippen molar-refractivity contribution < 1.29 is 14.3 Å². The highest BCUT2D eigenvalue weighted by atomic mass is 16.5. The number of fused-ring (bicyclic) bond motifs is 1. The largest absolute Gasteiger partial charge is 0.481 e. The molecule has 0 radical (unpaired) electrons. The molecule has 0 amide bonds. The fraction of sp³-hybridized carbons (Fsp3) is 0.310. The zero-order valence-electron chi connectivity index (χ0n) is 20.7. The molecule has 36 heavy (non-hydrogen) atoms. The number of carbonyl (C=O) groups is 1. The summed E-state index contributed by atoms with van der Waals surface area (Å²) in [6.07, 6.45) is 8.39. The summed E-state index contributed by atoms with van der Waals surface area (Å²) in [5.74, 6) is 0.234. The van der Waals surface area contributed by atoms with E-state index in [-0.39, 0.29) is 18.4 Å². The monoisotopic (exact) mass is 482 g/mol. The van der Waals surface area contributed by atoms with Gasteiger partial charge in [-0.3, -0.25) is 14.5 Å². The van der Waals surface area contributed by atoms with Crippen LogP contribution in [0.4, 0.5) is 0 Å². The second-order valence-corrected chi connectivity index (χ2v) is 8.93. The Morgan fingerprint density at radius 2 is 1.86 bits per heavy atom. The lowest BCUT2D eigenvalue weighted by Gasteiger charge is -2.17. The van der Waals surface area contributed by atoms with E-state index >= 15 is 0 Å². The number of hydrogen-bond acceptors (Lipinski definition) is 6. The van der Waals surface area contributed by atoms with Crippen molar-refractivity contribution in [1.29, 1.82) is 0 Å². The van der Waals surface area contributed by atoms with Crippen LogP contribution in [0.5, 0.6) is 5.88 Å². The van der Waals surface area contributed by atoms with Gasteiger partial charge in [-0.1, -0.05) is 24.3 Å². The summed E-state index contributed by atoms with van der Waals surface area (Å²) < 4.78 is 12.2. The van der Waals surface area contributed by atoms with E-state index in [9.17, 15) is 4.79 Å². The predicted octanol–water partition coefficient (Wildman–Crippen LogP) is 5.44. The Kier molecular flexibility index (Phi) is 7.07. The molecule has 7 heteroatoms. The number of hydrogen-bond donors (Lipinski definition) is 0. The van der Waals surface area contributed by atoms with Crippen LogP contribution in [0.1, 0.15) is 49.0 Å². The van der Waals surface area contributed by atoms with Crippen LogP contribution in [-0.2, 0) is 22.4 Å². The van der Waals surface area contributed by atoms with Gasteiger partial charge in [-0.2, -0.15) is 5.10 Å². The maximum absolute atomic E-state index is 12.4. The molecule has 0 aliphatic heterocycles. The zero-order valence-corrected chi connectivity index (χ0v) is 20.7. The molecule has 0 fully saturated rings. The number of benzene rings is 1. The van der Waals surface area contributed by atoms with Crippen LogP contribution >= 0.6 is 0 Å². The Morgan fingerprint density at radius 1 is 1.03 bits per heavy atom. The molecule has 7 nitrogen and oxygen atoms in total. The predicted molar refractivity (Wildman–Crippen MR) is 138 cm³/mol. The fourth-order valence-electron chi connectivity index (χ4n) is 4.70. The molecule has 0 saturated carbocycles. The molecule has 0 bridgehead atoms. The van der Waals surface area contributed by atoms with E-state index < -0.39 is 0 Å². The van der Waals surface area contributed by atoms with Crippen LogP contribution in [-0.4, -0.2) is 39.4 Å². The van der Waals surface area contributed by atoms with Gasteiger partial charge in [-0.05, 0) is 68.0 Å². The normalized spacial score (nSPS) is 13.6. The van der Waals surface area contributed by atoms with Gasteiger partial charge < -0.3 is 9.47 Å². The molecule has 5 rings (SSSR count). The number of pyridine rings is 2. The first-order valence-corrected chi connectivity index (χ1v) is 12.4. The van der Waals surface area contributed by atoms with Gasteiger partial charge in [-0.15, -0.1) is 0 Å². The van der Waals surface area contributed by atoms with E-state index in [4.69, 9.17) is 19.6 Å². The molecule has 1 aliphatic carbocycles. The average Bonchev–Trinajstić information content (AvgIpc) is 3.42. The quantitative estimate of drug-likeness (QED) is 0.311. The second kappa shape index (κ2) is 10.7. The molecule has 3 heterocycles. The third-order valence-electron chi connectivity index (χ3n) is 6.58.